The summed E-state index contributed by atoms with van der Waals surface area (Å²) in [6.07, 6.45) is 2.02. The van der Waals surface area contributed by atoms with E-state index in [1.807, 2.05) is 48.5 Å². The molecule has 1 amide bonds. The van der Waals surface area contributed by atoms with Crippen LogP contribution in [0.1, 0.15) is 30.1 Å². The molecule has 3 aromatic carbocycles. The molecule has 1 heterocycles. The van der Waals surface area contributed by atoms with Crippen molar-refractivity contribution in [1.82, 2.24) is 10.3 Å². The number of thiocarbonyl (C=S) groups is 1. The van der Waals surface area contributed by atoms with Gasteiger partial charge in [0.25, 0.3) is 5.91 Å². The third kappa shape index (κ3) is 5.30. The van der Waals surface area contributed by atoms with E-state index in [9.17, 15) is 4.79 Å². The van der Waals surface area contributed by atoms with Crippen LogP contribution in [-0.2, 0) is 0 Å². The third-order valence-electron chi connectivity index (χ3n) is 4.79. The van der Waals surface area contributed by atoms with Gasteiger partial charge in [-0.05, 0) is 61.1 Å². The van der Waals surface area contributed by atoms with Gasteiger partial charge < -0.3 is 10.1 Å². The first kappa shape index (κ1) is 21.9. The molecule has 1 aromatic heterocycles. The van der Waals surface area contributed by atoms with Crippen LogP contribution in [0.5, 0.6) is 5.75 Å². The molecule has 0 aliphatic rings. The molecule has 0 aliphatic carbocycles. The van der Waals surface area contributed by atoms with Gasteiger partial charge >= 0.3 is 0 Å². The number of nitrogens with zero attached hydrogens (tertiary/aromatic N) is 1. The van der Waals surface area contributed by atoms with Gasteiger partial charge in [0.05, 0.1) is 22.5 Å². The van der Waals surface area contributed by atoms with E-state index in [1.165, 1.54) is 0 Å². The lowest BCUT2D eigenvalue weighted by Gasteiger charge is -2.13. The van der Waals surface area contributed by atoms with Crippen LogP contribution in [0.2, 0.25) is 0 Å². The van der Waals surface area contributed by atoms with Crippen molar-refractivity contribution < 1.29 is 9.53 Å². The Hall–Kier alpha value is -3.29. The van der Waals surface area contributed by atoms with Crippen LogP contribution >= 0.6 is 23.6 Å². The normalized spacial score (nSPS) is 10.7. The second kappa shape index (κ2) is 10.3. The summed E-state index contributed by atoms with van der Waals surface area (Å²) in [7, 11) is 0. The van der Waals surface area contributed by atoms with Gasteiger partial charge in [-0.2, -0.15) is 0 Å². The number of anilines is 1. The van der Waals surface area contributed by atoms with Crippen molar-refractivity contribution >= 4 is 50.5 Å². The molecular formula is C25H23N3O2S2. The SMILES string of the molecule is CCCCOc1cccc(C(=O)NC(=S)Nc2ccccc2-c2nc3ccccc3s2)c1. The van der Waals surface area contributed by atoms with Crippen LogP contribution in [-0.4, -0.2) is 22.6 Å². The first-order valence-corrected chi connectivity index (χ1v) is 11.7. The van der Waals surface area contributed by atoms with Crippen LogP contribution in [0.15, 0.2) is 72.8 Å². The Kier molecular flexibility index (Phi) is 7.09. The highest BCUT2D eigenvalue weighted by molar-refractivity contribution is 7.80. The molecule has 4 rings (SSSR count). The summed E-state index contributed by atoms with van der Waals surface area (Å²) >= 11 is 7.03. The van der Waals surface area contributed by atoms with Gasteiger partial charge in [0.2, 0.25) is 0 Å². The Balaban J connectivity index is 1.46. The number of carbonyl (C=O) groups excluding carboxylic acids is 1. The molecule has 4 aromatic rings. The van der Waals surface area contributed by atoms with Gasteiger partial charge in [0.15, 0.2) is 5.11 Å². The van der Waals surface area contributed by atoms with E-state index >= 15 is 0 Å². The predicted molar refractivity (Wildman–Crippen MR) is 136 cm³/mol. The Morgan fingerprint density at radius 1 is 1.06 bits per heavy atom. The second-order valence-corrected chi connectivity index (χ2v) is 8.61. The van der Waals surface area contributed by atoms with Crippen LogP contribution in [0, 0.1) is 0 Å². The summed E-state index contributed by atoms with van der Waals surface area (Å²) in [4.78, 5) is 17.4. The summed E-state index contributed by atoms with van der Waals surface area (Å²) in [6.45, 7) is 2.74. The number of aromatic nitrogens is 1. The van der Waals surface area contributed by atoms with Crippen LogP contribution in [0.4, 0.5) is 5.69 Å². The number of fused-ring (bicyclic) bond motifs is 1. The van der Waals surface area contributed by atoms with E-state index in [0.29, 0.717) is 17.9 Å². The van der Waals surface area contributed by atoms with Crippen molar-refractivity contribution in [2.24, 2.45) is 0 Å². The van der Waals surface area contributed by atoms with Crippen molar-refractivity contribution in [2.45, 2.75) is 19.8 Å². The van der Waals surface area contributed by atoms with Crippen molar-refractivity contribution in [3.63, 3.8) is 0 Å². The number of thiazole rings is 1. The number of carbonyl (C=O) groups is 1. The molecule has 0 saturated heterocycles. The summed E-state index contributed by atoms with van der Waals surface area (Å²) in [5, 5.41) is 7.01. The van der Waals surface area contributed by atoms with Crippen molar-refractivity contribution in [3.05, 3.63) is 78.4 Å². The van der Waals surface area contributed by atoms with Crippen LogP contribution < -0.4 is 15.4 Å². The van der Waals surface area contributed by atoms with E-state index in [-0.39, 0.29) is 11.0 Å². The molecule has 0 fully saturated rings. The highest BCUT2D eigenvalue weighted by Gasteiger charge is 2.13. The molecule has 0 radical (unpaired) electrons. The summed E-state index contributed by atoms with van der Waals surface area (Å²) in [5.74, 6) is 0.382. The average Bonchev–Trinajstić information content (AvgIpc) is 3.24. The fraction of sp³-hybridized carbons (Fsp3) is 0.160. The molecule has 7 heteroatoms. The van der Waals surface area contributed by atoms with E-state index in [4.69, 9.17) is 21.9 Å². The molecule has 5 nitrogen and oxygen atoms in total. The summed E-state index contributed by atoms with van der Waals surface area (Å²) < 4.78 is 6.81. The smallest absolute Gasteiger partial charge is 0.257 e. The summed E-state index contributed by atoms with van der Waals surface area (Å²) in [5.41, 5.74) is 3.16. The molecule has 0 aliphatic heterocycles. The van der Waals surface area contributed by atoms with E-state index in [2.05, 4.69) is 23.6 Å². The second-order valence-electron chi connectivity index (χ2n) is 7.17. The Morgan fingerprint density at radius 3 is 2.72 bits per heavy atom. The monoisotopic (exact) mass is 461 g/mol. The molecule has 0 bridgehead atoms. The largest absolute Gasteiger partial charge is 0.494 e. The van der Waals surface area contributed by atoms with Gasteiger partial charge in [-0.3, -0.25) is 10.1 Å². The zero-order valence-electron chi connectivity index (χ0n) is 17.6. The number of rotatable bonds is 7. The maximum Gasteiger partial charge on any atom is 0.257 e. The van der Waals surface area contributed by atoms with E-state index < -0.39 is 0 Å². The third-order valence-corrected chi connectivity index (χ3v) is 6.06. The lowest BCUT2D eigenvalue weighted by Crippen LogP contribution is -2.34. The lowest BCUT2D eigenvalue weighted by atomic mass is 10.2. The molecule has 0 saturated carbocycles. The number of benzene rings is 3. The number of para-hydroxylation sites is 2. The fourth-order valence-corrected chi connectivity index (χ4v) is 4.36. The number of hydrogen-bond donors (Lipinski definition) is 2. The Morgan fingerprint density at radius 2 is 1.88 bits per heavy atom. The van der Waals surface area contributed by atoms with Gasteiger partial charge in [-0.15, -0.1) is 11.3 Å². The van der Waals surface area contributed by atoms with Gasteiger partial charge in [-0.25, -0.2) is 4.98 Å². The molecule has 0 atom stereocenters. The van der Waals surface area contributed by atoms with E-state index in [0.717, 1.165) is 39.3 Å². The average molecular weight is 462 g/mol. The number of ether oxygens (including phenoxy) is 1. The van der Waals surface area contributed by atoms with Crippen LogP contribution in [0.3, 0.4) is 0 Å². The first-order chi connectivity index (χ1) is 15.6. The van der Waals surface area contributed by atoms with Crippen molar-refractivity contribution in [2.75, 3.05) is 11.9 Å². The quantitative estimate of drug-likeness (QED) is 0.251. The fourth-order valence-electron chi connectivity index (χ4n) is 3.16. The van der Waals surface area contributed by atoms with E-state index in [1.54, 1.807) is 29.5 Å². The number of nitrogens with one attached hydrogen (secondary N) is 2. The Labute approximate surface area is 196 Å². The highest BCUT2D eigenvalue weighted by Crippen LogP contribution is 2.34. The van der Waals surface area contributed by atoms with Gasteiger partial charge in [-0.1, -0.05) is 43.7 Å². The molecule has 32 heavy (non-hydrogen) atoms. The maximum atomic E-state index is 12.7. The lowest BCUT2D eigenvalue weighted by molar-refractivity contribution is 0.0977. The zero-order chi connectivity index (χ0) is 22.3. The van der Waals surface area contributed by atoms with Crippen molar-refractivity contribution in [3.8, 4) is 16.3 Å². The standard InChI is InChI=1S/C25H23N3O2S2/c1-2-3-15-30-18-10-8-9-17(16-18)23(29)28-25(31)27-20-12-5-4-11-19(20)24-26-21-13-6-7-14-22(21)32-24/h4-14,16H,2-3,15H2,1H3,(H2,27,28,29,31). The number of amides is 1. The molecule has 0 unspecified atom stereocenters. The van der Waals surface area contributed by atoms with Crippen molar-refractivity contribution in [1.29, 1.82) is 0 Å². The maximum absolute atomic E-state index is 12.7. The number of unbranched alkanes of at least 4 members (excludes halogenated alkanes) is 1. The van der Waals surface area contributed by atoms with Gasteiger partial charge in [0.1, 0.15) is 10.8 Å². The predicted octanol–water partition coefficient (Wildman–Crippen LogP) is 6.27. The Bertz CT molecular complexity index is 1220. The molecule has 2 N–H and O–H groups in total. The topological polar surface area (TPSA) is 63.2 Å². The minimum Gasteiger partial charge on any atom is -0.494 e. The highest BCUT2D eigenvalue weighted by atomic mass is 32.1. The zero-order valence-corrected chi connectivity index (χ0v) is 19.3. The molecular weight excluding hydrogens is 438 g/mol. The first-order valence-electron chi connectivity index (χ1n) is 10.4. The van der Waals surface area contributed by atoms with Gasteiger partial charge in [0, 0.05) is 11.1 Å². The molecule has 0 spiro atoms. The molecule has 162 valence electrons. The number of hydrogen-bond acceptors (Lipinski definition) is 5. The summed E-state index contributed by atoms with van der Waals surface area (Å²) in [6, 6.07) is 22.9. The van der Waals surface area contributed by atoms with Crippen LogP contribution in [0.25, 0.3) is 20.8 Å². The minimum absolute atomic E-state index is 0.223. The minimum atomic E-state index is -0.291.